The number of rotatable bonds is 7. The van der Waals surface area contributed by atoms with Gasteiger partial charge < -0.3 is 4.90 Å². The van der Waals surface area contributed by atoms with E-state index in [2.05, 4.69) is 258 Å². The SMILES string of the molecule is CC(C)(C)c1cc(N(c2cc(-c3ccccc3)cc(-c3ccccc3)c2)c2ccc3c(c2)C(C)(C)c2ccccc2-3)cc([Si]2(c3ccccc3)c3ccccc3-c3ccccc32)c1. The summed E-state index contributed by atoms with van der Waals surface area (Å²) >= 11 is 0. The van der Waals surface area contributed by atoms with Crippen LogP contribution in [-0.2, 0) is 10.8 Å². The van der Waals surface area contributed by atoms with E-state index in [1.165, 1.54) is 87.6 Å². The lowest BCUT2D eigenvalue weighted by Gasteiger charge is -2.35. The highest BCUT2D eigenvalue weighted by Crippen LogP contribution is 2.51. The largest absolute Gasteiger partial charge is 0.310 e. The van der Waals surface area contributed by atoms with Gasteiger partial charge in [0.15, 0.2) is 8.07 Å². The maximum absolute atomic E-state index is 2.85. The van der Waals surface area contributed by atoms with Crippen LogP contribution >= 0.6 is 0 Å². The smallest absolute Gasteiger partial charge is 0.180 e. The Kier molecular flexibility index (Phi) is 9.15. The molecule has 0 unspecified atom stereocenters. The Morgan fingerprint density at radius 3 is 1.44 bits per heavy atom. The lowest BCUT2D eigenvalue weighted by atomic mass is 9.82. The monoisotopic (exact) mass is 825 g/mol. The molecule has 2 heteroatoms. The zero-order chi connectivity index (χ0) is 42.9. The van der Waals surface area contributed by atoms with Gasteiger partial charge in [-0.3, -0.25) is 0 Å². The lowest BCUT2D eigenvalue weighted by molar-refractivity contribution is 0.591. The van der Waals surface area contributed by atoms with Gasteiger partial charge in [0.05, 0.1) is 0 Å². The molecule has 1 aliphatic carbocycles. The first kappa shape index (κ1) is 38.9. The fourth-order valence-electron chi connectivity index (χ4n) is 10.7. The van der Waals surface area contributed by atoms with Crippen LogP contribution in [-0.4, -0.2) is 8.07 Å². The molecule has 9 aromatic rings. The molecule has 0 fully saturated rings. The third kappa shape index (κ3) is 6.27. The van der Waals surface area contributed by atoms with Gasteiger partial charge in [0.2, 0.25) is 0 Å². The van der Waals surface area contributed by atoms with Crippen molar-refractivity contribution in [3.63, 3.8) is 0 Å². The third-order valence-electron chi connectivity index (χ3n) is 13.8. The average molecular weight is 826 g/mol. The highest BCUT2D eigenvalue weighted by molar-refractivity contribution is 7.22. The normalized spacial score (nSPS) is 14.0. The molecule has 0 radical (unpaired) electrons. The number of benzene rings is 9. The van der Waals surface area contributed by atoms with Crippen LogP contribution in [0.15, 0.2) is 218 Å². The summed E-state index contributed by atoms with van der Waals surface area (Å²) < 4.78 is 0. The maximum atomic E-state index is 2.57. The van der Waals surface area contributed by atoms with Crippen LogP contribution in [0.3, 0.4) is 0 Å². The summed E-state index contributed by atoms with van der Waals surface area (Å²) in [5.41, 5.74) is 17.3. The summed E-state index contributed by atoms with van der Waals surface area (Å²) in [5, 5.41) is 5.71. The van der Waals surface area contributed by atoms with Crippen molar-refractivity contribution in [2.75, 3.05) is 4.90 Å². The minimum absolute atomic E-state index is 0.136. The number of fused-ring (bicyclic) bond motifs is 6. The van der Waals surface area contributed by atoms with Gasteiger partial charge in [0, 0.05) is 22.5 Å². The zero-order valence-corrected chi connectivity index (χ0v) is 37.7. The van der Waals surface area contributed by atoms with Gasteiger partial charge in [-0.15, -0.1) is 0 Å². The second-order valence-electron chi connectivity index (χ2n) is 19.0. The molecule has 0 N–H and O–H groups in total. The van der Waals surface area contributed by atoms with Gasteiger partial charge in [0.1, 0.15) is 0 Å². The fraction of sp³-hybridized carbons (Fsp3) is 0.115. The van der Waals surface area contributed by atoms with Gasteiger partial charge in [0.25, 0.3) is 0 Å². The van der Waals surface area contributed by atoms with E-state index in [0.717, 1.165) is 11.4 Å². The van der Waals surface area contributed by atoms with Crippen molar-refractivity contribution in [1.29, 1.82) is 0 Å². The first-order chi connectivity index (χ1) is 30.6. The Morgan fingerprint density at radius 2 is 0.857 bits per heavy atom. The first-order valence-electron chi connectivity index (χ1n) is 22.3. The molecule has 0 bridgehead atoms. The topological polar surface area (TPSA) is 3.24 Å². The minimum atomic E-state index is -2.85. The molecule has 0 atom stereocenters. The van der Waals surface area contributed by atoms with Crippen LogP contribution in [0.25, 0.3) is 44.5 Å². The minimum Gasteiger partial charge on any atom is -0.310 e. The predicted molar refractivity (Wildman–Crippen MR) is 271 cm³/mol. The van der Waals surface area contributed by atoms with E-state index in [-0.39, 0.29) is 10.8 Å². The van der Waals surface area contributed by atoms with Gasteiger partial charge in [-0.05, 0) is 130 Å². The zero-order valence-electron chi connectivity index (χ0n) is 36.7. The molecule has 11 rings (SSSR count). The van der Waals surface area contributed by atoms with E-state index in [4.69, 9.17) is 0 Å². The van der Waals surface area contributed by atoms with Crippen molar-refractivity contribution < 1.29 is 0 Å². The Bertz CT molecular complexity index is 3070. The fourth-order valence-corrected chi connectivity index (χ4v) is 15.9. The molecular weight excluding hydrogens is 775 g/mol. The van der Waals surface area contributed by atoms with Crippen molar-refractivity contribution in [2.24, 2.45) is 0 Å². The van der Waals surface area contributed by atoms with Crippen LogP contribution in [0, 0.1) is 0 Å². The van der Waals surface area contributed by atoms with Gasteiger partial charge in [-0.25, -0.2) is 0 Å². The van der Waals surface area contributed by atoms with E-state index in [1.54, 1.807) is 0 Å². The highest BCUT2D eigenvalue weighted by Gasteiger charge is 2.49. The molecule has 0 amide bonds. The van der Waals surface area contributed by atoms with Crippen molar-refractivity contribution in [3.8, 4) is 44.5 Å². The Labute approximate surface area is 374 Å². The quantitative estimate of drug-likeness (QED) is 0.145. The Hall–Kier alpha value is -7.00. The molecular formula is C61H51NSi. The number of anilines is 3. The second-order valence-corrected chi connectivity index (χ2v) is 22.7. The second kappa shape index (κ2) is 14.8. The van der Waals surface area contributed by atoms with Crippen molar-refractivity contribution >= 4 is 45.9 Å². The standard InChI is InChI=1S/C61H51NSi/c1-60(2,3)46-38-49(40-51(39-46)63(50-25-13-8-14-26-50)58-31-19-16-28-54(58)55-29-17-20-32-59(55)63)62(47-33-34-53-52-27-15-18-30-56(52)61(4,5)57(53)41-47)48-36-44(42-21-9-6-10-22-42)35-45(37-48)43-23-11-7-12-24-43/h6-41H,1-5H3. The van der Waals surface area contributed by atoms with Crippen molar-refractivity contribution in [2.45, 2.75) is 45.4 Å². The molecule has 63 heavy (non-hydrogen) atoms. The molecule has 1 heterocycles. The van der Waals surface area contributed by atoms with E-state index in [1.807, 2.05) is 0 Å². The molecule has 0 aromatic heterocycles. The van der Waals surface area contributed by atoms with E-state index in [9.17, 15) is 0 Å². The molecule has 1 aliphatic heterocycles. The third-order valence-corrected chi connectivity index (χ3v) is 18.7. The first-order valence-corrected chi connectivity index (χ1v) is 24.3. The van der Waals surface area contributed by atoms with E-state index in [0.29, 0.717) is 0 Å². The molecule has 0 saturated carbocycles. The Balaban J connectivity index is 1.24. The lowest BCUT2D eigenvalue weighted by Crippen LogP contribution is -2.73. The van der Waals surface area contributed by atoms with Crippen LogP contribution in [0.4, 0.5) is 17.1 Å². The summed E-state index contributed by atoms with van der Waals surface area (Å²) in [6.07, 6.45) is 0. The number of hydrogen-bond donors (Lipinski definition) is 0. The van der Waals surface area contributed by atoms with E-state index >= 15 is 0 Å². The molecule has 1 nitrogen and oxygen atoms in total. The maximum Gasteiger partial charge on any atom is 0.180 e. The van der Waals surface area contributed by atoms with Gasteiger partial charge >= 0.3 is 0 Å². The van der Waals surface area contributed by atoms with Crippen molar-refractivity contribution in [1.82, 2.24) is 0 Å². The summed E-state index contributed by atoms with van der Waals surface area (Å²) in [6, 6.07) is 82.6. The molecule has 304 valence electrons. The highest BCUT2D eigenvalue weighted by atomic mass is 28.3. The number of hydrogen-bond acceptors (Lipinski definition) is 1. The average Bonchev–Trinajstić information content (AvgIpc) is 3.75. The molecule has 9 aromatic carbocycles. The molecule has 0 saturated heterocycles. The van der Waals surface area contributed by atoms with Crippen LogP contribution in [0.5, 0.6) is 0 Å². The van der Waals surface area contributed by atoms with Crippen LogP contribution < -0.4 is 25.6 Å². The van der Waals surface area contributed by atoms with Crippen LogP contribution in [0.1, 0.15) is 51.3 Å². The summed E-state index contributed by atoms with van der Waals surface area (Å²) in [4.78, 5) is 2.57. The summed E-state index contributed by atoms with van der Waals surface area (Å²) in [6.45, 7) is 11.9. The van der Waals surface area contributed by atoms with Gasteiger partial charge in [-0.1, -0.05) is 211 Å². The van der Waals surface area contributed by atoms with Gasteiger partial charge in [-0.2, -0.15) is 0 Å². The molecule has 2 aliphatic rings. The van der Waals surface area contributed by atoms with E-state index < -0.39 is 8.07 Å². The Morgan fingerprint density at radius 1 is 0.365 bits per heavy atom. The summed E-state index contributed by atoms with van der Waals surface area (Å²) in [7, 11) is -2.85. The predicted octanol–water partition coefficient (Wildman–Crippen LogP) is 13.5. The number of nitrogens with zero attached hydrogens (tertiary/aromatic N) is 1. The summed E-state index contributed by atoms with van der Waals surface area (Å²) in [5.74, 6) is 0. The van der Waals surface area contributed by atoms with Crippen molar-refractivity contribution in [3.05, 3.63) is 235 Å². The van der Waals surface area contributed by atoms with Crippen LogP contribution in [0.2, 0.25) is 0 Å². The molecule has 0 spiro atoms.